The van der Waals surface area contributed by atoms with Crippen LogP contribution in [0.15, 0.2) is 36.5 Å². The fourth-order valence-corrected chi connectivity index (χ4v) is 1.59. The summed E-state index contributed by atoms with van der Waals surface area (Å²) in [6.45, 7) is 0.414. The number of nitrogens with zero attached hydrogens (tertiary/aromatic N) is 2. The van der Waals surface area contributed by atoms with Crippen LogP contribution >= 0.6 is 0 Å². The Bertz CT molecular complexity index is 549. The third-order valence-corrected chi connectivity index (χ3v) is 2.53. The molecule has 2 rings (SSSR count). The first-order valence-corrected chi connectivity index (χ1v) is 5.60. The Labute approximate surface area is 105 Å². The highest BCUT2D eigenvalue weighted by atomic mass is 16.5. The van der Waals surface area contributed by atoms with Gasteiger partial charge in [0.25, 0.3) is 5.91 Å². The number of aromatic nitrogens is 2. The Morgan fingerprint density at radius 3 is 2.94 bits per heavy atom. The summed E-state index contributed by atoms with van der Waals surface area (Å²) >= 11 is 0. The Kier molecular flexibility index (Phi) is 3.62. The van der Waals surface area contributed by atoms with Gasteiger partial charge in [-0.05, 0) is 24.3 Å². The average molecular weight is 245 g/mol. The third kappa shape index (κ3) is 2.88. The number of methoxy groups -OCH3 is 1. The summed E-state index contributed by atoms with van der Waals surface area (Å²) < 4.78 is 6.78. The molecule has 5 heteroatoms. The number of amides is 1. The normalized spacial score (nSPS) is 10.1. The number of carbonyl (C=O) groups is 1. The van der Waals surface area contributed by atoms with E-state index in [1.165, 1.54) is 0 Å². The molecule has 2 aromatic rings. The molecule has 0 spiro atoms. The van der Waals surface area contributed by atoms with Gasteiger partial charge in [0.15, 0.2) is 0 Å². The van der Waals surface area contributed by atoms with Crippen molar-refractivity contribution in [1.82, 2.24) is 15.1 Å². The molecule has 0 aliphatic rings. The van der Waals surface area contributed by atoms with Gasteiger partial charge in [0.2, 0.25) is 0 Å². The van der Waals surface area contributed by atoms with E-state index in [2.05, 4.69) is 10.4 Å². The van der Waals surface area contributed by atoms with Gasteiger partial charge in [0.05, 0.1) is 19.3 Å². The minimum Gasteiger partial charge on any atom is -0.497 e. The standard InChI is InChI=1S/C13H15N3O2/c1-16-7-6-11(15-16)9-14-13(17)10-4-3-5-12(8-10)18-2/h3-8H,9H2,1-2H3,(H,14,17). The highest BCUT2D eigenvalue weighted by Gasteiger charge is 2.06. The van der Waals surface area contributed by atoms with Gasteiger partial charge in [0, 0.05) is 18.8 Å². The van der Waals surface area contributed by atoms with Gasteiger partial charge in [-0.1, -0.05) is 6.07 Å². The fraction of sp³-hybridized carbons (Fsp3) is 0.231. The molecule has 0 fully saturated rings. The van der Waals surface area contributed by atoms with Gasteiger partial charge in [-0.25, -0.2) is 0 Å². The maximum Gasteiger partial charge on any atom is 0.251 e. The maximum absolute atomic E-state index is 11.9. The number of aryl methyl sites for hydroxylation is 1. The number of hydrogen-bond donors (Lipinski definition) is 1. The van der Waals surface area contributed by atoms with Crippen molar-refractivity contribution in [3.8, 4) is 5.75 Å². The summed E-state index contributed by atoms with van der Waals surface area (Å²) in [5.74, 6) is 0.528. The van der Waals surface area contributed by atoms with E-state index < -0.39 is 0 Å². The molecule has 5 nitrogen and oxygen atoms in total. The first-order chi connectivity index (χ1) is 8.69. The predicted molar refractivity (Wildman–Crippen MR) is 67.4 cm³/mol. The summed E-state index contributed by atoms with van der Waals surface area (Å²) in [6.07, 6.45) is 1.84. The van der Waals surface area contributed by atoms with Crippen LogP contribution < -0.4 is 10.1 Å². The fourth-order valence-electron chi connectivity index (χ4n) is 1.59. The van der Waals surface area contributed by atoms with E-state index in [1.807, 2.05) is 19.3 Å². The minimum atomic E-state index is -0.139. The second-order valence-corrected chi connectivity index (χ2v) is 3.90. The van der Waals surface area contributed by atoms with Crippen molar-refractivity contribution in [2.24, 2.45) is 7.05 Å². The molecule has 1 N–H and O–H groups in total. The number of benzene rings is 1. The van der Waals surface area contributed by atoms with Crippen LogP contribution in [0, 0.1) is 0 Å². The molecular formula is C13H15N3O2. The van der Waals surface area contributed by atoms with Crippen LogP contribution in [-0.2, 0) is 13.6 Å². The lowest BCUT2D eigenvalue weighted by Crippen LogP contribution is -2.23. The van der Waals surface area contributed by atoms with Crippen molar-refractivity contribution in [3.63, 3.8) is 0 Å². The number of carbonyl (C=O) groups excluding carboxylic acids is 1. The van der Waals surface area contributed by atoms with Crippen molar-refractivity contribution in [3.05, 3.63) is 47.8 Å². The quantitative estimate of drug-likeness (QED) is 0.884. The Morgan fingerprint density at radius 1 is 1.44 bits per heavy atom. The number of nitrogens with one attached hydrogen (secondary N) is 1. The summed E-state index contributed by atoms with van der Waals surface area (Å²) in [7, 11) is 3.41. The van der Waals surface area contributed by atoms with Crippen molar-refractivity contribution in [2.75, 3.05) is 7.11 Å². The highest BCUT2D eigenvalue weighted by Crippen LogP contribution is 2.12. The number of hydrogen-bond acceptors (Lipinski definition) is 3. The molecule has 1 aromatic carbocycles. The highest BCUT2D eigenvalue weighted by molar-refractivity contribution is 5.94. The zero-order valence-electron chi connectivity index (χ0n) is 10.4. The van der Waals surface area contributed by atoms with Gasteiger partial charge in [0.1, 0.15) is 5.75 Å². The summed E-state index contributed by atoms with van der Waals surface area (Å²) in [6, 6.07) is 8.90. The second kappa shape index (κ2) is 5.35. The SMILES string of the molecule is COc1cccc(C(=O)NCc2ccn(C)n2)c1. The Hall–Kier alpha value is -2.30. The minimum absolute atomic E-state index is 0.139. The van der Waals surface area contributed by atoms with Gasteiger partial charge in [-0.15, -0.1) is 0 Å². The van der Waals surface area contributed by atoms with Gasteiger partial charge in [-0.2, -0.15) is 5.10 Å². The van der Waals surface area contributed by atoms with E-state index >= 15 is 0 Å². The smallest absolute Gasteiger partial charge is 0.251 e. The lowest BCUT2D eigenvalue weighted by molar-refractivity contribution is 0.0950. The zero-order valence-corrected chi connectivity index (χ0v) is 10.4. The number of ether oxygens (including phenoxy) is 1. The molecule has 0 atom stereocenters. The molecule has 1 amide bonds. The van der Waals surface area contributed by atoms with E-state index in [9.17, 15) is 4.79 Å². The van der Waals surface area contributed by atoms with Gasteiger partial charge in [-0.3, -0.25) is 9.48 Å². The lowest BCUT2D eigenvalue weighted by atomic mass is 10.2. The van der Waals surface area contributed by atoms with Crippen molar-refractivity contribution in [2.45, 2.75) is 6.54 Å². The Balaban J connectivity index is 1.99. The first-order valence-electron chi connectivity index (χ1n) is 5.60. The van der Waals surface area contributed by atoms with Crippen LogP contribution in [0.2, 0.25) is 0 Å². The molecule has 18 heavy (non-hydrogen) atoms. The molecular weight excluding hydrogens is 230 g/mol. The molecule has 0 aliphatic carbocycles. The predicted octanol–water partition coefficient (Wildman–Crippen LogP) is 1.36. The monoisotopic (exact) mass is 245 g/mol. The van der Waals surface area contributed by atoms with Crippen LogP contribution in [-0.4, -0.2) is 22.8 Å². The molecule has 0 saturated heterocycles. The molecule has 1 heterocycles. The molecule has 94 valence electrons. The third-order valence-electron chi connectivity index (χ3n) is 2.53. The Morgan fingerprint density at radius 2 is 2.28 bits per heavy atom. The van der Waals surface area contributed by atoms with Crippen LogP contribution in [0.1, 0.15) is 16.1 Å². The van der Waals surface area contributed by atoms with Gasteiger partial charge >= 0.3 is 0 Å². The van der Waals surface area contributed by atoms with Crippen molar-refractivity contribution >= 4 is 5.91 Å². The topological polar surface area (TPSA) is 56.1 Å². The van der Waals surface area contributed by atoms with E-state index in [-0.39, 0.29) is 5.91 Å². The van der Waals surface area contributed by atoms with Gasteiger partial charge < -0.3 is 10.1 Å². The number of rotatable bonds is 4. The van der Waals surface area contributed by atoms with Crippen LogP contribution in [0.3, 0.4) is 0 Å². The zero-order chi connectivity index (χ0) is 13.0. The largest absolute Gasteiger partial charge is 0.497 e. The van der Waals surface area contributed by atoms with E-state index in [1.54, 1.807) is 36.1 Å². The van der Waals surface area contributed by atoms with Crippen molar-refractivity contribution < 1.29 is 9.53 Å². The van der Waals surface area contributed by atoms with Crippen LogP contribution in [0.5, 0.6) is 5.75 Å². The summed E-state index contributed by atoms with van der Waals surface area (Å²) in [5, 5.41) is 7.00. The summed E-state index contributed by atoms with van der Waals surface area (Å²) in [5.41, 5.74) is 1.40. The first kappa shape index (κ1) is 12.2. The molecule has 0 unspecified atom stereocenters. The van der Waals surface area contributed by atoms with E-state index in [4.69, 9.17) is 4.74 Å². The lowest BCUT2D eigenvalue weighted by Gasteiger charge is -2.05. The van der Waals surface area contributed by atoms with Crippen LogP contribution in [0.25, 0.3) is 0 Å². The van der Waals surface area contributed by atoms with Crippen molar-refractivity contribution in [1.29, 1.82) is 0 Å². The van der Waals surface area contributed by atoms with Crippen LogP contribution in [0.4, 0.5) is 0 Å². The maximum atomic E-state index is 11.9. The second-order valence-electron chi connectivity index (χ2n) is 3.90. The molecule has 1 aromatic heterocycles. The van der Waals surface area contributed by atoms with E-state index in [0.717, 1.165) is 5.69 Å². The average Bonchev–Trinajstić information content (AvgIpc) is 2.82. The van der Waals surface area contributed by atoms with E-state index in [0.29, 0.717) is 17.9 Å². The molecule has 0 aliphatic heterocycles. The molecule has 0 saturated carbocycles. The summed E-state index contributed by atoms with van der Waals surface area (Å²) in [4.78, 5) is 11.9. The molecule has 0 radical (unpaired) electrons. The molecule has 0 bridgehead atoms.